The van der Waals surface area contributed by atoms with Crippen LogP contribution in [0.4, 0.5) is 13.2 Å². The van der Waals surface area contributed by atoms with Crippen molar-refractivity contribution < 1.29 is 22.5 Å². The monoisotopic (exact) mass is 391 g/mol. The molecule has 0 bridgehead atoms. The summed E-state index contributed by atoms with van der Waals surface area (Å²) in [7, 11) is 0. The Morgan fingerprint density at radius 3 is 2.68 bits per heavy atom. The lowest BCUT2D eigenvalue weighted by molar-refractivity contribution is -0.159. The first kappa shape index (κ1) is 19.5. The standard InChI is InChI=1S/C18H16F3N5O2/c19-18(20,21)17-24-15(25-28-17)13-4-1-5-14(9-13)16(27)26(8-6-22)11-12-3-2-7-23-10-12/h1-5,7,9-10H,6,8,11,22H2. The number of nitrogens with two attached hydrogens (primary N) is 1. The summed E-state index contributed by atoms with van der Waals surface area (Å²) in [5.41, 5.74) is 6.95. The van der Waals surface area contributed by atoms with Crippen molar-refractivity contribution in [3.05, 3.63) is 65.8 Å². The second kappa shape index (κ2) is 8.17. The van der Waals surface area contributed by atoms with Gasteiger partial charge in [-0.1, -0.05) is 23.4 Å². The van der Waals surface area contributed by atoms with Gasteiger partial charge in [-0.3, -0.25) is 9.78 Å². The average molecular weight is 391 g/mol. The molecule has 0 unspecified atom stereocenters. The molecule has 7 nitrogen and oxygen atoms in total. The van der Waals surface area contributed by atoms with Crippen molar-refractivity contribution in [2.45, 2.75) is 12.7 Å². The second-order valence-corrected chi connectivity index (χ2v) is 5.88. The highest BCUT2D eigenvalue weighted by atomic mass is 19.4. The molecule has 146 valence electrons. The number of benzene rings is 1. The van der Waals surface area contributed by atoms with E-state index in [1.54, 1.807) is 24.5 Å². The minimum atomic E-state index is -4.74. The van der Waals surface area contributed by atoms with Gasteiger partial charge in [0.2, 0.25) is 5.82 Å². The molecule has 1 amide bonds. The third kappa shape index (κ3) is 4.52. The van der Waals surface area contributed by atoms with Crippen LogP contribution in [0, 0.1) is 0 Å². The van der Waals surface area contributed by atoms with Gasteiger partial charge in [-0.05, 0) is 23.8 Å². The van der Waals surface area contributed by atoms with E-state index >= 15 is 0 Å². The van der Waals surface area contributed by atoms with E-state index in [4.69, 9.17) is 5.73 Å². The molecule has 2 N–H and O–H groups in total. The van der Waals surface area contributed by atoms with Gasteiger partial charge < -0.3 is 15.2 Å². The Morgan fingerprint density at radius 2 is 2.04 bits per heavy atom. The Kier molecular flexibility index (Phi) is 5.69. The minimum Gasteiger partial charge on any atom is -0.333 e. The van der Waals surface area contributed by atoms with E-state index in [0.717, 1.165) is 5.56 Å². The number of amides is 1. The topological polar surface area (TPSA) is 98.1 Å². The molecule has 10 heteroatoms. The van der Waals surface area contributed by atoms with Crippen LogP contribution in [0.25, 0.3) is 11.4 Å². The number of nitrogens with zero attached hydrogens (tertiary/aromatic N) is 4. The summed E-state index contributed by atoms with van der Waals surface area (Å²) in [4.78, 5) is 21.8. The van der Waals surface area contributed by atoms with Crippen LogP contribution in [0.15, 0.2) is 53.3 Å². The van der Waals surface area contributed by atoms with Gasteiger partial charge in [0.25, 0.3) is 5.91 Å². The number of rotatable bonds is 6. The zero-order valence-electron chi connectivity index (χ0n) is 14.6. The van der Waals surface area contributed by atoms with Crippen LogP contribution < -0.4 is 5.73 Å². The lowest BCUT2D eigenvalue weighted by atomic mass is 10.1. The summed E-state index contributed by atoms with van der Waals surface area (Å²) in [5.74, 6) is -2.02. The van der Waals surface area contributed by atoms with Gasteiger partial charge in [0, 0.05) is 43.2 Å². The highest BCUT2D eigenvalue weighted by Gasteiger charge is 2.38. The van der Waals surface area contributed by atoms with Crippen molar-refractivity contribution in [3.8, 4) is 11.4 Å². The van der Waals surface area contributed by atoms with E-state index in [2.05, 4.69) is 19.6 Å². The van der Waals surface area contributed by atoms with Crippen molar-refractivity contribution in [1.82, 2.24) is 20.0 Å². The van der Waals surface area contributed by atoms with E-state index in [1.807, 2.05) is 6.07 Å². The fourth-order valence-corrected chi connectivity index (χ4v) is 2.55. The van der Waals surface area contributed by atoms with Gasteiger partial charge in [0.15, 0.2) is 0 Å². The van der Waals surface area contributed by atoms with Gasteiger partial charge in [0.1, 0.15) is 0 Å². The van der Waals surface area contributed by atoms with E-state index < -0.39 is 12.1 Å². The zero-order valence-corrected chi connectivity index (χ0v) is 14.6. The number of alkyl halides is 3. The molecule has 0 spiro atoms. The quantitative estimate of drug-likeness (QED) is 0.694. The number of aromatic nitrogens is 3. The number of carbonyl (C=O) groups excluding carboxylic acids is 1. The molecule has 28 heavy (non-hydrogen) atoms. The first-order chi connectivity index (χ1) is 13.4. The molecule has 0 atom stereocenters. The van der Waals surface area contributed by atoms with E-state index in [-0.39, 0.29) is 29.4 Å². The van der Waals surface area contributed by atoms with Crippen LogP contribution in [-0.4, -0.2) is 39.0 Å². The van der Waals surface area contributed by atoms with E-state index in [9.17, 15) is 18.0 Å². The summed E-state index contributed by atoms with van der Waals surface area (Å²) >= 11 is 0. The second-order valence-electron chi connectivity index (χ2n) is 5.88. The molecule has 3 aromatic rings. The molecule has 0 saturated heterocycles. The molecule has 2 heterocycles. The Labute approximate surface area is 158 Å². The number of halogens is 3. The maximum absolute atomic E-state index is 12.9. The Balaban J connectivity index is 1.85. The first-order valence-corrected chi connectivity index (χ1v) is 8.28. The molecule has 0 aliphatic heterocycles. The maximum atomic E-state index is 12.9. The predicted molar refractivity (Wildman–Crippen MR) is 92.8 cm³/mol. The van der Waals surface area contributed by atoms with E-state index in [1.165, 1.54) is 23.1 Å². The molecular weight excluding hydrogens is 375 g/mol. The fraction of sp³-hybridized carbons (Fsp3) is 0.222. The van der Waals surface area contributed by atoms with Crippen molar-refractivity contribution in [3.63, 3.8) is 0 Å². The molecular formula is C18H16F3N5O2. The maximum Gasteiger partial charge on any atom is 0.471 e. The number of hydrogen-bond donors (Lipinski definition) is 1. The Hall–Kier alpha value is -3.27. The SMILES string of the molecule is NCCN(Cc1cccnc1)C(=O)c1cccc(-c2noc(C(F)(F)F)n2)c1. The number of pyridine rings is 1. The number of carbonyl (C=O) groups is 1. The smallest absolute Gasteiger partial charge is 0.333 e. The molecule has 0 radical (unpaired) electrons. The average Bonchev–Trinajstić information content (AvgIpc) is 3.19. The molecule has 0 fully saturated rings. The highest BCUT2D eigenvalue weighted by Crippen LogP contribution is 2.29. The summed E-state index contributed by atoms with van der Waals surface area (Å²) < 4.78 is 42.2. The molecule has 3 rings (SSSR count). The Bertz CT molecular complexity index is 944. The van der Waals surface area contributed by atoms with Gasteiger partial charge in [-0.25, -0.2) is 0 Å². The molecule has 0 aliphatic carbocycles. The van der Waals surface area contributed by atoms with Gasteiger partial charge in [-0.2, -0.15) is 18.2 Å². The van der Waals surface area contributed by atoms with Gasteiger partial charge in [0.05, 0.1) is 0 Å². The summed E-state index contributed by atoms with van der Waals surface area (Å²) in [5, 5.41) is 3.34. The largest absolute Gasteiger partial charge is 0.471 e. The van der Waals surface area contributed by atoms with Crippen LogP contribution in [0.5, 0.6) is 0 Å². The molecule has 0 saturated carbocycles. The van der Waals surface area contributed by atoms with Crippen LogP contribution in [0.1, 0.15) is 21.8 Å². The third-order valence-corrected chi connectivity index (χ3v) is 3.82. The zero-order chi connectivity index (χ0) is 20.1. The Morgan fingerprint density at radius 1 is 1.21 bits per heavy atom. The third-order valence-electron chi connectivity index (χ3n) is 3.82. The first-order valence-electron chi connectivity index (χ1n) is 8.28. The highest BCUT2D eigenvalue weighted by molar-refractivity contribution is 5.95. The van der Waals surface area contributed by atoms with Crippen molar-refractivity contribution in [2.24, 2.45) is 5.73 Å². The van der Waals surface area contributed by atoms with Crippen molar-refractivity contribution in [1.29, 1.82) is 0 Å². The van der Waals surface area contributed by atoms with Crippen molar-refractivity contribution in [2.75, 3.05) is 13.1 Å². The normalized spacial score (nSPS) is 11.4. The van der Waals surface area contributed by atoms with Crippen molar-refractivity contribution >= 4 is 5.91 Å². The summed E-state index contributed by atoms with van der Waals surface area (Å²) in [6, 6.07) is 9.60. The van der Waals surface area contributed by atoms with E-state index in [0.29, 0.717) is 13.1 Å². The molecule has 0 aliphatic rings. The lowest BCUT2D eigenvalue weighted by Crippen LogP contribution is -2.34. The predicted octanol–water partition coefficient (Wildman–Crippen LogP) is 2.75. The van der Waals surface area contributed by atoms with Crippen LogP contribution in [-0.2, 0) is 12.7 Å². The van der Waals surface area contributed by atoms with Crippen LogP contribution in [0.3, 0.4) is 0 Å². The lowest BCUT2D eigenvalue weighted by Gasteiger charge is -2.22. The number of hydrogen-bond acceptors (Lipinski definition) is 6. The fourth-order valence-electron chi connectivity index (χ4n) is 2.55. The molecule has 2 aromatic heterocycles. The van der Waals surface area contributed by atoms with Crippen LogP contribution in [0.2, 0.25) is 0 Å². The minimum absolute atomic E-state index is 0.235. The van der Waals surface area contributed by atoms with Crippen LogP contribution >= 0.6 is 0 Å². The summed E-state index contributed by atoms with van der Waals surface area (Å²) in [6.45, 7) is 0.860. The molecule has 1 aromatic carbocycles. The summed E-state index contributed by atoms with van der Waals surface area (Å²) in [6.07, 6.45) is -1.46. The van der Waals surface area contributed by atoms with Gasteiger partial charge >= 0.3 is 12.1 Å². The van der Waals surface area contributed by atoms with Gasteiger partial charge in [-0.15, -0.1) is 0 Å².